The molecule has 1 unspecified atom stereocenters. The number of carbonyl (C=O) groups excluding carboxylic acids is 1. The molecule has 1 aromatic heterocycles. The number of benzene rings is 1. The molecule has 3 rings (SSSR count). The molecule has 0 spiro atoms. The van der Waals surface area contributed by atoms with Crippen LogP contribution in [-0.2, 0) is 9.53 Å². The fraction of sp³-hybridized carbons (Fsp3) is 0.471. The lowest BCUT2D eigenvalue weighted by atomic mass is 9.90. The Kier molecular flexibility index (Phi) is 5.00. The van der Waals surface area contributed by atoms with Crippen LogP contribution in [0.1, 0.15) is 31.7 Å². The van der Waals surface area contributed by atoms with Crippen LogP contribution < -0.4 is 15.8 Å². The summed E-state index contributed by atoms with van der Waals surface area (Å²) in [4.78, 5) is 16.8. The Morgan fingerprint density at radius 1 is 1.40 bits per heavy atom. The van der Waals surface area contributed by atoms with Crippen molar-refractivity contribution in [2.24, 2.45) is 5.73 Å². The Labute approximate surface area is 145 Å². The predicted molar refractivity (Wildman–Crippen MR) is 89.8 cm³/mol. The van der Waals surface area contributed by atoms with Gasteiger partial charge >= 0.3 is 0 Å². The van der Waals surface area contributed by atoms with E-state index in [2.05, 4.69) is 15.5 Å². The Morgan fingerprint density at radius 3 is 2.88 bits per heavy atom. The van der Waals surface area contributed by atoms with Crippen molar-refractivity contribution in [2.75, 3.05) is 20.3 Å². The van der Waals surface area contributed by atoms with Crippen molar-refractivity contribution in [3.8, 4) is 17.1 Å². The van der Waals surface area contributed by atoms with E-state index >= 15 is 0 Å². The highest BCUT2D eigenvalue weighted by Gasteiger charge is 2.37. The smallest absolute Gasteiger partial charge is 0.249 e. The maximum Gasteiger partial charge on any atom is 0.249 e. The van der Waals surface area contributed by atoms with E-state index in [1.54, 1.807) is 14.0 Å². The fourth-order valence-corrected chi connectivity index (χ4v) is 2.66. The number of carbonyl (C=O) groups is 1. The van der Waals surface area contributed by atoms with Crippen LogP contribution in [0.5, 0.6) is 5.75 Å². The molecule has 134 valence electrons. The van der Waals surface area contributed by atoms with Gasteiger partial charge in [-0.25, -0.2) is 0 Å². The fourth-order valence-electron chi connectivity index (χ4n) is 2.66. The van der Waals surface area contributed by atoms with Gasteiger partial charge in [0, 0.05) is 18.8 Å². The Bertz CT molecular complexity index is 740. The number of nitrogens with one attached hydrogen (secondary N) is 1. The van der Waals surface area contributed by atoms with Crippen molar-refractivity contribution < 1.29 is 18.8 Å². The maximum absolute atomic E-state index is 12.5. The molecule has 1 amide bonds. The van der Waals surface area contributed by atoms with Gasteiger partial charge in [-0.05, 0) is 31.9 Å². The second-order valence-corrected chi connectivity index (χ2v) is 6.15. The van der Waals surface area contributed by atoms with E-state index in [0.29, 0.717) is 43.5 Å². The summed E-state index contributed by atoms with van der Waals surface area (Å²) in [7, 11) is 1.59. The molecule has 1 aliphatic rings. The summed E-state index contributed by atoms with van der Waals surface area (Å²) in [5.41, 5.74) is 6.04. The van der Waals surface area contributed by atoms with Gasteiger partial charge in [0.05, 0.1) is 12.6 Å². The van der Waals surface area contributed by atoms with Gasteiger partial charge < -0.3 is 25.0 Å². The molecule has 8 heteroatoms. The van der Waals surface area contributed by atoms with Crippen LogP contribution in [0, 0.1) is 0 Å². The zero-order valence-corrected chi connectivity index (χ0v) is 14.3. The van der Waals surface area contributed by atoms with Crippen molar-refractivity contribution >= 4 is 5.91 Å². The average molecular weight is 346 g/mol. The average Bonchev–Trinajstić information content (AvgIpc) is 3.12. The van der Waals surface area contributed by atoms with Gasteiger partial charge in [-0.3, -0.25) is 4.79 Å². The van der Waals surface area contributed by atoms with Crippen LogP contribution in [0.2, 0.25) is 0 Å². The Balaban J connectivity index is 1.70. The molecule has 25 heavy (non-hydrogen) atoms. The van der Waals surface area contributed by atoms with Gasteiger partial charge in [0.2, 0.25) is 17.6 Å². The lowest BCUT2D eigenvalue weighted by Gasteiger charge is -2.32. The van der Waals surface area contributed by atoms with E-state index < -0.39 is 11.6 Å². The van der Waals surface area contributed by atoms with Gasteiger partial charge in [0.1, 0.15) is 11.8 Å². The summed E-state index contributed by atoms with van der Waals surface area (Å²) in [5, 5.41) is 6.83. The zero-order valence-electron chi connectivity index (χ0n) is 14.3. The van der Waals surface area contributed by atoms with Crippen LogP contribution >= 0.6 is 0 Å². The molecule has 1 atom stereocenters. The number of hydrogen-bond acceptors (Lipinski definition) is 7. The Morgan fingerprint density at radius 2 is 2.16 bits per heavy atom. The lowest BCUT2D eigenvalue weighted by molar-refractivity contribution is -0.130. The van der Waals surface area contributed by atoms with E-state index in [-0.39, 0.29) is 5.91 Å². The Hall–Kier alpha value is -2.45. The summed E-state index contributed by atoms with van der Waals surface area (Å²) < 4.78 is 15.8. The molecule has 1 saturated heterocycles. The van der Waals surface area contributed by atoms with Crippen LogP contribution in [0.4, 0.5) is 0 Å². The van der Waals surface area contributed by atoms with Crippen LogP contribution in [-0.4, -0.2) is 41.9 Å². The minimum atomic E-state index is -0.915. The summed E-state index contributed by atoms with van der Waals surface area (Å²) >= 11 is 0. The second kappa shape index (κ2) is 7.20. The van der Waals surface area contributed by atoms with Gasteiger partial charge in [0.15, 0.2) is 0 Å². The number of nitrogens with two attached hydrogens (primary N) is 1. The number of hydrogen-bond donors (Lipinski definition) is 2. The first-order valence-corrected chi connectivity index (χ1v) is 8.17. The third-order valence-corrected chi connectivity index (χ3v) is 4.32. The molecule has 0 saturated carbocycles. The molecule has 1 aliphatic heterocycles. The van der Waals surface area contributed by atoms with Crippen molar-refractivity contribution in [3.63, 3.8) is 0 Å². The van der Waals surface area contributed by atoms with Gasteiger partial charge in [-0.2, -0.15) is 4.98 Å². The lowest BCUT2D eigenvalue weighted by Crippen LogP contribution is -2.57. The summed E-state index contributed by atoms with van der Waals surface area (Å²) in [6, 6.07) is 6.91. The predicted octanol–water partition coefficient (Wildman–Crippen LogP) is 1.43. The highest BCUT2D eigenvalue weighted by Crippen LogP contribution is 2.24. The van der Waals surface area contributed by atoms with Gasteiger partial charge in [-0.1, -0.05) is 17.3 Å². The van der Waals surface area contributed by atoms with Crippen LogP contribution in [0.3, 0.4) is 0 Å². The first-order valence-electron chi connectivity index (χ1n) is 8.17. The molecule has 1 fully saturated rings. The minimum absolute atomic E-state index is 0.232. The second-order valence-electron chi connectivity index (χ2n) is 6.15. The third-order valence-electron chi connectivity index (χ3n) is 4.32. The highest BCUT2D eigenvalue weighted by molar-refractivity contribution is 5.86. The van der Waals surface area contributed by atoms with Crippen LogP contribution in [0.25, 0.3) is 11.4 Å². The molecule has 0 radical (unpaired) electrons. The first-order chi connectivity index (χ1) is 12.0. The summed E-state index contributed by atoms with van der Waals surface area (Å²) in [5.74, 6) is 1.23. The molecular formula is C17H22N4O4. The van der Waals surface area contributed by atoms with E-state index in [9.17, 15) is 4.79 Å². The van der Waals surface area contributed by atoms with Crippen molar-refractivity contribution in [1.29, 1.82) is 0 Å². The summed E-state index contributed by atoms with van der Waals surface area (Å²) in [6.07, 6.45) is 0.981. The first kappa shape index (κ1) is 17.4. The normalized spacial score (nSPS) is 17.7. The van der Waals surface area contributed by atoms with Gasteiger partial charge in [-0.15, -0.1) is 0 Å². The van der Waals surface area contributed by atoms with E-state index in [4.69, 9.17) is 19.7 Å². The molecule has 1 aromatic carbocycles. The van der Waals surface area contributed by atoms with E-state index in [1.165, 1.54) is 0 Å². The number of nitrogens with zero attached hydrogens (tertiary/aromatic N) is 2. The quantitative estimate of drug-likeness (QED) is 0.842. The summed E-state index contributed by atoms with van der Waals surface area (Å²) in [6.45, 7) is 2.75. The van der Waals surface area contributed by atoms with Crippen molar-refractivity contribution in [3.05, 3.63) is 30.2 Å². The molecule has 8 nitrogen and oxygen atoms in total. The molecule has 0 bridgehead atoms. The topological polar surface area (TPSA) is 113 Å². The molecular weight excluding hydrogens is 324 g/mol. The van der Waals surface area contributed by atoms with Crippen molar-refractivity contribution in [1.82, 2.24) is 15.5 Å². The minimum Gasteiger partial charge on any atom is -0.497 e. The van der Waals surface area contributed by atoms with Crippen molar-refractivity contribution in [2.45, 2.75) is 31.3 Å². The largest absolute Gasteiger partial charge is 0.497 e. The number of rotatable bonds is 5. The third kappa shape index (κ3) is 3.80. The molecule has 0 aliphatic carbocycles. The number of amides is 1. The molecule has 2 aromatic rings. The highest BCUT2D eigenvalue weighted by atomic mass is 16.5. The monoisotopic (exact) mass is 346 g/mol. The standard InChI is InChI=1S/C17H22N4O4/c1-11(19-16(22)17(18)6-8-24-9-7-17)15-20-14(21-25-15)12-4-3-5-13(10-12)23-2/h3-5,10-11H,6-9,18H2,1-2H3,(H,19,22). The number of ether oxygens (including phenoxy) is 2. The number of methoxy groups -OCH3 is 1. The molecule has 3 N–H and O–H groups in total. The SMILES string of the molecule is COc1cccc(-c2noc(C(C)NC(=O)C3(N)CCOCC3)n2)c1. The van der Waals surface area contributed by atoms with Gasteiger partial charge in [0.25, 0.3) is 0 Å². The van der Waals surface area contributed by atoms with E-state index in [1.807, 2.05) is 24.3 Å². The van der Waals surface area contributed by atoms with Crippen LogP contribution in [0.15, 0.2) is 28.8 Å². The maximum atomic E-state index is 12.5. The van der Waals surface area contributed by atoms with E-state index in [0.717, 1.165) is 5.56 Å². The molecule has 2 heterocycles. The number of aromatic nitrogens is 2. The zero-order chi connectivity index (χ0) is 17.9.